The molecule has 2 saturated carbocycles. The van der Waals surface area contributed by atoms with Gasteiger partial charge in [0.2, 0.25) is 5.91 Å². The summed E-state index contributed by atoms with van der Waals surface area (Å²) in [5, 5.41) is 4.99. The predicted molar refractivity (Wildman–Crippen MR) is 110 cm³/mol. The van der Waals surface area contributed by atoms with Gasteiger partial charge in [-0.1, -0.05) is 46.0 Å². The Balaban J connectivity index is 1.40. The van der Waals surface area contributed by atoms with Crippen molar-refractivity contribution in [3.8, 4) is 0 Å². The van der Waals surface area contributed by atoms with Gasteiger partial charge in [0.05, 0.1) is 5.92 Å². The summed E-state index contributed by atoms with van der Waals surface area (Å²) in [6.07, 6.45) is 8.53. The van der Waals surface area contributed by atoms with E-state index in [-0.39, 0.29) is 24.4 Å². The maximum absolute atomic E-state index is 12.5. The number of rotatable bonds is 5. The molecule has 1 aliphatic heterocycles. The number of carbonyl (C=O) groups excluding carboxylic acids is 4. The molecule has 30 heavy (non-hydrogen) atoms. The molecule has 1 heterocycles. The molecule has 3 rings (SSSR count). The molecule has 2 aliphatic carbocycles. The quantitative estimate of drug-likeness (QED) is 0.663. The number of nitrogens with one attached hydrogen (secondary N) is 2. The molecule has 0 spiro atoms. The predicted octanol–water partition coefficient (Wildman–Crippen LogP) is 2.36. The number of amides is 4. The Kier molecular flexibility index (Phi) is 7.72. The number of carbonyl (C=O) groups is 4. The van der Waals surface area contributed by atoms with Gasteiger partial charge in [0, 0.05) is 25.0 Å². The molecule has 1 saturated heterocycles. The third-order valence-electron chi connectivity index (χ3n) is 7.09. The van der Waals surface area contributed by atoms with Gasteiger partial charge in [-0.3, -0.25) is 19.7 Å². The molecule has 3 fully saturated rings. The van der Waals surface area contributed by atoms with Crippen molar-refractivity contribution >= 4 is 23.8 Å². The van der Waals surface area contributed by atoms with E-state index in [1.807, 2.05) is 4.90 Å². The highest BCUT2D eigenvalue weighted by Gasteiger charge is 2.42. The lowest BCUT2D eigenvalue weighted by atomic mass is 9.77. The van der Waals surface area contributed by atoms with Gasteiger partial charge in [-0.15, -0.1) is 0 Å². The van der Waals surface area contributed by atoms with Crippen LogP contribution < -0.4 is 10.6 Å². The summed E-state index contributed by atoms with van der Waals surface area (Å²) >= 11 is 0. The molecule has 0 radical (unpaired) electrons. The molecule has 0 unspecified atom stereocenters. The van der Waals surface area contributed by atoms with Gasteiger partial charge in [-0.2, -0.15) is 0 Å². The standard InChI is InChI=1S/C22H35N3O5/c1-14-7-6-10-18(15(14)2)25-12-16(11-20(25)27)21(28)30-13-19(26)24-22(29)23-17-8-4-3-5-9-17/h14-18H,3-13H2,1-2H3,(H2,23,24,26,29)/t14-,15+,16+,18-/m0/s1. The van der Waals surface area contributed by atoms with Gasteiger partial charge < -0.3 is 15.0 Å². The minimum atomic E-state index is -0.660. The minimum absolute atomic E-state index is 0.0146. The lowest BCUT2D eigenvalue weighted by Gasteiger charge is -2.39. The second-order valence-corrected chi connectivity index (χ2v) is 9.25. The van der Waals surface area contributed by atoms with Crippen LogP contribution in [-0.4, -0.2) is 54.0 Å². The molecular weight excluding hydrogens is 386 g/mol. The molecule has 8 nitrogen and oxygen atoms in total. The van der Waals surface area contributed by atoms with E-state index in [2.05, 4.69) is 24.5 Å². The van der Waals surface area contributed by atoms with E-state index in [0.717, 1.165) is 38.5 Å². The smallest absolute Gasteiger partial charge is 0.321 e. The Morgan fingerprint density at radius 3 is 2.50 bits per heavy atom. The third kappa shape index (κ3) is 5.73. The van der Waals surface area contributed by atoms with Crippen LogP contribution in [0.15, 0.2) is 0 Å². The van der Waals surface area contributed by atoms with Crippen LogP contribution in [0.25, 0.3) is 0 Å². The molecule has 0 bridgehead atoms. The fourth-order valence-corrected chi connectivity index (χ4v) is 5.09. The van der Waals surface area contributed by atoms with Crippen LogP contribution in [-0.2, 0) is 19.1 Å². The van der Waals surface area contributed by atoms with E-state index in [4.69, 9.17) is 4.74 Å². The van der Waals surface area contributed by atoms with Gasteiger partial charge in [0.1, 0.15) is 0 Å². The number of esters is 1. The molecule has 168 valence electrons. The Morgan fingerprint density at radius 2 is 1.77 bits per heavy atom. The van der Waals surface area contributed by atoms with E-state index >= 15 is 0 Å². The summed E-state index contributed by atoms with van der Waals surface area (Å²) in [4.78, 5) is 50.6. The molecule has 4 amide bonds. The molecule has 4 atom stereocenters. The third-order valence-corrected chi connectivity index (χ3v) is 7.09. The molecule has 8 heteroatoms. The fraction of sp³-hybridized carbons (Fsp3) is 0.818. The van der Waals surface area contributed by atoms with Crippen molar-refractivity contribution in [1.82, 2.24) is 15.5 Å². The van der Waals surface area contributed by atoms with Gasteiger partial charge in [-0.25, -0.2) is 4.79 Å². The van der Waals surface area contributed by atoms with Crippen LogP contribution in [0, 0.1) is 17.8 Å². The average Bonchev–Trinajstić information content (AvgIpc) is 3.10. The number of nitrogens with zero attached hydrogens (tertiary/aromatic N) is 1. The zero-order valence-electron chi connectivity index (χ0n) is 18.2. The van der Waals surface area contributed by atoms with Gasteiger partial charge in [-0.05, 0) is 31.1 Å². The van der Waals surface area contributed by atoms with Crippen molar-refractivity contribution in [2.45, 2.75) is 83.7 Å². The monoisotopic (exact) mass is 421 g/mol. The molecule has 0 aromatic heterocycles. The maximum atomic E-state index is 12.5. The highest BCUT2D eigenvalue weighted by Crippen LogP contribution is 2.35. The number of urea groups is 1. The first kappa shape index (κ1) is 22.6. The molecule has 0 aromatic carbocycles. The largest absolute Gasteiger partial charge is 0.455 e. The summed E-state index contributed by atoms with van der Waals surface area (Å²) in [5.74, 6) is -0.806. The normalized spacial score (nSPS) is 30.1. The van der Waals surface area contributed by atoms with E-state index in [0.29, 0.717) is 18.4 Å². The zero-order chi connectivity index (χ0) is 21.7. The van der Waals surface area contributed by atoms with E-state index < -0.39 is 30.4 Å². The lowest BCUT2D eigenvalue weighted by Crippen LogP contribution is -2.46. The van der Waals surface area contributed by atoms with Crippen LogP contribution >= 0.6 is 0 Å². The molecule has 0 aromatic rings. The zero-order valence-corrected chi connectivity index (χ0v) is 18.2. The second-order valence-electron chi connectivity index (χ2n) is 9.25. The van der Waals surface area contributed by atoms with Crippen LogP contribution in [0.1, 0.15) is 71.6 Å². The fourth-order valence-electron chi connectivity index (χ4n) is 5.09. The summed E-state index contributed by atoms with van der Waals surface area (Å²) in [6.45, 7) is 4.23. The van der Waals surface area contributed by atoms with Crippen LogP contribution in [0.5, 0.6) is 0 Å². The Labute approximate surface area is 178 Å². The van der Waals surface area contributed by atoms with E-state index in [9.17, 15) is 19.2 Å². The minimum Gasteiger partial charge on any atom is -0.455 e. The number of hydrogen-bond donors (Lipinski definition) is 2. The molecule has 3 aliphatic rings. The van der Waals surface area contributed by atoms with Crippen LogP contribution in [0.4, 0.5) is 4.79 Å². The van der Waals surface area contributed by atoms with E-state index in [1.165, 1.54) is 12.8 Å². The number of ether oxygens (including phenoxy) is 1. The lowest BCUT2D eigenvalue weighted by molar-refractivity contribution is -0.152. The van der Waals surface area contributed by atoms with Crippen LogP contribution in [0.3, 0.4) is 0 Å². The topological polar surface area (TPSA) is 105 Å². The summed E-state index contributed by atoms with van der Waals surface area (Å²) < 4.78 is 5.10. The first-order chi connectivity index (χ1) is 14.3. The Bertz CT molecular complexity index is 661. The van der Waals surface area contributed by atoms with Gasteiger partial charge in [0.25, 0.3) is 5.91 Å². The molecular formula is C22H35N3O5. The Hall–Kier alpha value is -2.12. The summed E-state index contributed by atoms with van der Waals surface area (Å²) in [7, 11) is 0. The van der Waals surface area contributed by atoms with Crippen molar-refractivity contribution in [3.63, 3.8) is 0 Å². The van der Waals surface area contributed by atoms with Gasteiger partial charge in [0.15, 0.2) is 6.61 Å². The van der Waals surface area contributed by atoms with E-state index in [1.54, 1.807) is 0 Å². The van der Waals surface area contributed by atoms with Crippen LogP contribution in [0.2, 0.25) is 0 Å². The van der Waals surface area contributed by atoms with Gasteiger partial charge >= 0.3 is 12.0 Å². The number of imide groups is 1. The van der Waals surface area contributed by atoms with Crippen molar-refractivity contribution in [2.24, 2.45) is 17.8 Å². The van der Waals surface area contributed by atoms with Crippen molar-refractivity contribution < 1.29 is 23.9 Å². The summed E-state index contributed by atoms with van der Waals surface area (Å²) in [6, 6.07) is -0.286. The number of likely N-dealkylation sites (tertiary alicyclic amines) is 1. The second kappa shape index (κ2) is 10.3. The first-order valence-electron chi connectivity index (χ1n) is 11.4. The van der Waals surface area contributed by atoms with Crippen molar-refractivity contribution in [2.75, 3.05) is 13.2 Å². The number of hydrogen-bond acceptors (Lipinski definition) is 5. The average molecular weight is 422 g/mol. The summed E-state index contributed by atoms with van der Waals surface area (Å²) in [5.41, 5.74) is 0. The SMILES string of the molecule is C[C@@H]1[C@@H](C)CCC[C@@H]1N1C[C@H](C(=O)OCC(=O)NC(=O)NC2CCCCC2)CC1=O. The molecule has 2 N–H and O–H groups in total. The Morgan fingerprint density at radius 1 is 1.03 bits per heavy atom. The highest BCUT2D eigenvalue weighted by molar-refractivity contribution is 5.96. The maximum Gasteiger partial charge on any atom is 0.321 e. The first-order valence-corrected chi connectivity index (χ1v) is 11.4. The van der Waals surface area contributed by atoms with Crippen molar-refractivity contribution in [3.05, 3.63) is 0 Å². The highest BCUT2D eigenvalue weighted by atomic mass is 16.5. The van der Waals surface area contributed by atoms with Crippen molar-refractivity contribution in [1.29, 1.82) is 0 Å².